The van der Waals surface area contributed by atoms with Gasteiger partial charge in [0.2, 0.25) is 0 Å². The average Bonchev–Trinajstić information content (AvgIpc) is 1.31. The molecular formula is C90H68N2. The van der Waals surface area contributed by atoms with Crippen LogP contribution in [0.25, 0.3) is 101 Å². The summed E-state index contributed by atoms with van der Waals surface area (Å²) in [6.07, 6.45) is 8.99. The van der Waals surface area contributed by atoms with Gasteiger partial charge in [0.25, 0.3) is 0 Å². The molecule has 0 aromatic heterocycles. The summed E-state index contributed by atoms with van der Waals surface area (Å²) in [5.41, 5.74) is 28.9. The van der Waals surface area contributed by atoms with Gasteiger partial charge in [0.15, 0.2) is 0 Å². The molecule has 92 heavy (non-hydrogen) atoms. The number of hydrogen-bond donors (Lipinski definition) is 0. The second-order valence-corrected chi connectivity index (χ2v) is 25.7. The van der Waals surface area contributed by atoms with Gasteiger partial charge in [0, 0.05) is 44.4 Å². The average molecular weight is 1180 g/mol. The fraction of sp³-hybridized carbons (Fsp3) is 0.0667. The minimum atomic E-state index is -0.214. The molecule has 2 nitrogen and oxygen atoms in total. The van der Waals surface area contributed by atoms with Crippen LogP contribution in [0.3, 0.4) is 0 Å². The predicted octanol–water partition coefficient (Wildman–Crippen LogP) is 24.9. The molecule has 0 atom stereocenters. The number of rotatable bonds is 13. The summed E-state index contributed by atoms with van der Waals surface area (Å²) in [4.78, 5) is 4.89. The molecule has 0 amide bonds. The smallest absolute Gasteiger partial charge is 0.0540 e. The predicted molar refractivity (Wildman–Crippen MR) is 393 cm³/mol. The standard InChI is InChI=1S/C90H68N2/c1-89(2)83-55-63(43-51-79(83)81-53-49-75(59-85(81)89)91(87-33-17-25-69-23-11-13-31-77(69)87)73-29-15-27-71(57-73)65-19-7-5-8-20-65)37-35-61-39-45-67(46-40-61)68-47-41-62(42-48-68)36-38-64-44-52-80-82-54-50-76(60-86(82)90(3,4)84(80)56-64)92(88-34-18-26-70-24-12-14-32-78(70)88)74-30-16-28-72(58-74)66-21-9-6-10-22-66/h5-60H,1-4H3/b37-35+,38-36+. The van der Waals surface area contributed by atoms with E-state index in [1.165, 1.54) is 122 Å². The zero-order valence-electron chi connectivity index (χ0n) is 52.2. The molecule has 0 spiro atoms. The van der Waals surface area contributed by atoms with E-state index in [1.54, 1.807) is 0 Å². The Morgan fingerprint density at radius 1 is 0.228 bits per heavy atom. The molecule has 0 bridgehead atoms. The van der Waals surface area contributed by atoms with Gasteiger partial charge < -0.3 is 9.80 Å². The number of anilines is 6. The highest BCUT2D eigenvalue weighted by Crippen LogP contribution is 2.54. The highest BCUT2D eigenvalue weighted by Gasteiger charge is 2.38. The Bertz CT molecular complexity index is 4860. The van der Waals surface area contributed by atoms with Crippen LogP contribution < -0.4 is 9.80 Å². The summed E-state index contributed by atoms with van der Waals surface area (Å²) in [5, 5.41) is 4.87. The van der Waals surface area contributed by atoms with E-state index in [0.717, 1.165) is 34.1 Å². The van der Waals surface area contributed by atoms with Gasteiger partial charge in [-0.2, -0.15) is 0 Å². The highest BCUT2D eigenvalue weighted by molar-refractivity contribution is 6.02. The van der Waals surface area contributed by atoms with Crippen LogP contribution in [0.5, 0.6) is 0 Å². The summed E-state index contributed by atoms with van der Waals surface area (Å²) in [7, 11) is 0. The quantitative estimate of drug-likeness (QED) is 0.106. The lowest BCUT2D eigenvalue weighted by molar-refractivity contribution is 0.660. The van der Waals surface area contributed by atoms with E-state index in [4.69, 9.17) is 0 Å². The number of benzene rings is 14. The summed E-state index contributed by atoms with van der Waals surface area (Å²) < 4.78 is 0. The molecule has 2 aliphatic carbocycles. The van der Waals surface area contributed by atoms with Crippen molar-refractivity contribution in [2.45, 2.75) is 38.5 Å². The molecule has 0 saturated heterocycles. The van der Waals surface area contributed by atoms with Gasteiger partial charge >= 0.3 is 0 Å². The van der Waals surface area contributed by atoms with Crippen molar-refractivity contribution >= 4 is 80.0 Å². The van der Waals surface area contributed by atoms with E-state index in [0.29, 0.717) is 0 Å². The van der Waals surface area contributed by atoms with E-state index in [9.17, 15) is 0 Å². The van der Waals surface area contributed by atoms with Gasteiger partial charge in [-0.25, -0.2) is 0 Å². The topological polar surface area (TPSA) is 6.48 Å². The maximum absolute atomic E-state index is 2.44. The highest BCUT2D eigenvalue weighted by atomic mass is 15.1. The van der Waals surface area contributed by atoms with Crippen molar-refractivity contribution in [3.63, 3.8) is 0 Å². The molecule has 0 heterocycles. The lowest BCUT2D eigenvalue weighted by Gasteiger charge is -2.29. The van der Waals surface area contributed by atoms with E-state index in [-0.39, 0.29) is 10.8 Å². The Hall–Kier alpha value is -11.3. The summed E-state index contributed by atoms with van der Waals surface area (Å²) in [6, 6.07) is 116. The fourth-order valence-corrected chi connectivity index (χ4v) is 14.5. The van der Waals surface area contributed by atoms with Crippen LogP contribution in [-0.4, -0.2) is 0 Å². The molecule has 14 aromatic rings. The van der Waals surface area contributed by atoms with E-state index in [1.807, 2.05) is 0 Å². The lowest BCUT2D eigenvalue weighted by atomic mass is 9.81. The van der Waals surface area contributed by atoms with Gasteiger partial charge in [-0.05, 0) is 172 Å². The molecule has 0 unspecified atom stereocenters. The van der Waals surface area contributed by atoms with Crippen molar-refractivity contribution in [2.24, 2.45) is 0 Å². The molecule has 0 fully saturated rings. The van der Waals surface area contributed by atoms with E-state index >= 15 is 0 Å². The first-order valence-corrected chi connectivity index (χ1v) is 32.1. The van der Waals surface area contributed by atoms with Crippen LogP contribution in [-0.2, 0) is 10.8 Å². The zero-order chi connectivity index (χ0) is 61.9. The molecule has 14 aromatic carbocycles. The fourth-order valence-electron chi connectivity index (χ4n) is 14.5. The third-order valence-electron chi connectivity index (χ3n) is 19.4. The van der Waals surface area contributed by atoms with Gasteiger partial charge in [0.1, 0.15) is 0 Å². The van der Waals surface area contributed by atoms with Gasteiger partial charge in [0.05, 0.1) is 11.4 Å². The zero-order valence-corrected chi connectivity index (χ0v) is 52.2. The maximum Gasteiger partial charge on any atom is 0.0540 e. The number of fused-ring (bicyclic) bond motifs is 8. The molecule has 16 rings (SSSR count). The molecule has 0 N–H and O–H groups in total. The van der Waals surface area contributed by atoms with E-state index < -0.39 is 0 Å². The van der Waals surface area contributed by atoms with Gasteiger partial charge in [-0.15, -0.1) is 0 Å². The third-order valence-corrected chi connectivity index (χ3v) is 19.4. The van der Waals surface area contributed by atoms with Crippen LogP contribution in [0, 0.1) is 0 Å². The Morgan fingerprint density at radius 2 is 0.533 bits per heavy atom. The molecule has 0 radical (unpaired) electrons. The largest absolute Gasteiger partial charge is 0.310 e. The van der Waals surface area contributed by atoms with Crippen molar-refractivity contribution < 1.29 is 0 Å². The second kappa shape index (κ2) is 22.9. The minimum Gasteiger partial charge on any atom is -0.310 e. The summed E-state index contributed by atoms with van der Waals surface area (Å²) in [6.45, 7) is 9.52. The molecule has 2 aliphatic rings. The van der Waals surface area contributed by atoms with Crippen LogP contribution in [0.4, 0.5) is 34.1 Å². The Balaban J connectivity index is 0.613. The molecule has 2 heteroatoms. The van der Waals surface area contributed by atoms with E-state index in [2.05, 4.69) is 377 Å². The van der Waals surface area contributed by atoms with Crippen molar-refractivity contribution in [3.8, 4) is 55.6 Å². The number of nitrogens with zero attached hydrogens (tertiary/aromatic N) is 2. The van der Waals surface area contributed by atoms with Crippen LogP contribution in [0.1, 0.15) is 72.2 Å². The van der Waals surface area contributed by atoms with Crippen molar-refractivity contribution in [2.75, 3.05) is 9.80 Å². The summed E-state index contributed by atoms with van der Waals surface area (Å²) >= 11 is 0. The Kier molecular flexibility index (Phi) is 13.9. The first-order valence-electron chi connectivity index (χ1n) is 32.1. The lowest BCUT2D eigenvalue weighted by Crippen LogP contribution is -2.17. The minimum absolute atomic E-state index is 0.214. The number of hydrogen-bond acceptors (Lipinski definition) is 2. The maximum atomic E-state index is 2.44. The Labute approximate surface area is 540 Å². The van der Waals surface area contributed by atoms with Crippen molar-refractivity contribution in [1.29, 1.82) is 0 Å². The third kappa shape index (κ3) is 10.1. The van der Waals surface area contributed by atoms with Crippen molar-refractivity contribution in [3.05, 3.63) is 360 Å². The monoisotopic (exact) mass is 1180 g/mol. The first-order chi connectivity index (χ1) is 45.1. The molecule has 438 valence electrons. The summed E-state index contributed by atoms with van der Waals surface area (Å²) in [5.74, 6) is 0. The van der Waals surface area contributed by atoms with Crippen LogP contribution >= 0.6 is 0 Å². The molecule has 0 aliphatic heterocycles. The molecular weight excluding hydrogens is 1110 g/mol. The van der Waals surface area contributed by atoms with Gasteiger partial charge in [-0.3, -0.25) is 0 Å². The van der Waals surface area contributed by atoms with Crippen LogP contribution in [0.15, 0.2) is 315 Å². The normalized spacial score (nSPS) is 13.3. The van der Waals surface area contributed by atoms with Crippen molar-refractivity contribution in [1.82, 2.24) is 0 Å². The SMILES string of the molecule is CC1(C)c2cc(/C=C/c3ccc(-c4ccc(/C=C/c5ccc6c(c5)C(C)(C)c5cc(N(c7cccc(-c8ccccc8)c7)c7cccc8ccccc78)ccc5-6)cc4)cc3)ccc2-c2ccc(N(c3cccc(-c4ccccc4)c3)c3cccc4ccccc34)cc21. The first kappa shape index (κ1) is 56.0. The molecule has 0 saturated carbocycles. The second-order valence-electron chi connectivity index (χ2n) is 25.7. The van der Waals surface area contributed by atoms with Gasteiger partial charge in [-0.1, -0.05) is 307 Å². The Morgan fingerprint density at radius 3 is 0.957 bits per heavy atom. The van der Waals surface area contributed by atoms with Crippen LogP contribution in [0.2, 0.25) is 0 Å².